The number of carbonyl (C=O) groups excluding carboxylic acids is 1. The van der Waals surface area contributed by atoms with Crippen LogP contribution in [0.25, 0.3) is 11.1 Å². The SMILES string of the molecule is CCOC(CC1=CC2CCC(C1)N2C(=O)OCC1c2ccccc2-c2ccccc21)OCC. The van der Waals surface area contributed by atoms with Crippen LogP contribution in [-0.2, 0) is 14.2 Å². The Kier molecular flexibility index (Phi) is 6.52. The first-order chi connectivity index (χ1) is 16.2. The van der Waals surface area contributed by atoms with E-state index in [-0.39, 0.29) is 30.4 Å². The summed E-state index contributed by atoms with van der Waals surface area (Å²) < 4.78 is 17.4. The first-order valence-electron chi connectivity index (χ1n) is 12.3. The zero-order chi connectivity index (χ0) is 22.8. The van der Waals surface area contributed by atoms with E-state index in [0.29, 0.717) is 19.8 Å². The monoisotopic (exact) mass is 447 g/mol. The molecule has 2 unspecified atom stereocenters. The van der Waals surface area contributed by atoms with Crippen molar-refractivity contribution >= 4 is 6.09 Å². The van der Waals surface area contributed by atoms with Gasteiger partial charge in [-0.25, -0.2) is 4.79 Å². The van der Waals surface area contributed by atoms with Gasteiger partial charge in [-0.15, -0.1) is 0 Å². The molecule has 2 atom stereocenters. The largest absolute Gasteiger partial charge is 0.448 e. The van der Waals surface area contributed by atoms with E-state index in [2.05, 4.69) is 54.6 Å². The second-order valence-electron chi connectivity index (χ2n) is 9.08. The fraction of sp³-hybridized carbons (Fsp3) is 0.464. The van der Waals surface area contributed by atoms with Crippen LogP contribution in [0.1, 0.15) is 56.6 Å². The topological polar surface area (TPSA) is 48.0 Å². The number of rotatable bonds is 8. The van der Waals surface area contributed by atoms with Crippen molar-refractivity contribution in [2.24, 2.45) is 0 Å². The third kappa shape index (κ3) is 4.32. The Morgan fingerprint density at radius 2 is 1.61 bits per heavy atom. The minimum Gasteiger partial charge on any atom is -0.448 e. The lowest BCUT2D eigenvalue weighted by molar-refractivity contribution is -0.135. The van der Waals surface area contributed by atoms with E-state index in [9.17, 15) is 4.79 Å². The highest BCUT2D eigenvalue weighted by molar-refractivity contribution is 5.79. The molecular weight excluding hydrogens is 414 g/mol. The van der Waals surface area contributed by atoms with Gasteiger partial charge in [-0.1, -0.05) is 60.2 Å². The van der Waals surface area contributed by atoms with E-state index in [4.69, 9.17) is 14.2 Å². The average Bonchev–Trinajstić information content (AvgIpc) is 3.29. The van der Waals surface area contributed by atoms with E-state index in [0.717, 1.165) is 25.7 Å². The molecule has 1 aliphatic carbocycles. The van der Waals surface area contributed by atoms with Crippen LogP contribution in [0, 0.1) is 0 Å². The van der Waals surface area contributed by atoms with E-state index in [1.165, 1.54) is 27.8 Å². The predicted octanol–water partition coefficient (Wildman–Crippen LogP) is 5.89. The molecule has 2 aromatic rings. The van der Waals surface area contributed by atoms with Crippen molar-refractivity contribution in [2.45, 2.75) is 63.8 Å². The Morgan fingerprint density at radius 1 is 0.970 bits per heavy atom. The summed E-state index contributed by atoms with van der Waals surface area (Å²) in [4.78, 5) is 15.2. The lowest BCUT2D eigenvalue weighted by Crippen LogP contribution is -2.44. The number of carbonyl (C=O) groups is 1. The van der Waals surface area contributed by atoms with Crippen LogP contribution in [0.15, 0.2) is 60.2 Å². The van der Waals surface area contributed by atoms with Gasteiger partial charge in [0.1, 0.15) is 6.61 Å². The molecule has 0 radical (unpaired) electrons. The third-order valence-corrected chi connectivity index (χ3v) is 7.15. The first-order valence-corrected chi connectivity index (χ1v) is 12.3. The van der Waals surface area contributed by atoms with Crippen molar-refractivity contribution < 1.29 is 19.0 Å². The van der Waals surface area contributed by atoms with Crippen LogP contribution in [0.2, 0.25) is 0 Å². The third-order valence-electron chi connectivity index (χ3n) is 7.15. The van der Waals surface area contributed by atoms with Gasteiger partial charge in [0.15, 0.2) is 6.29 Å². The molecule has 2 aliphatic heterocycles. The normalized spacial score (nSPS) is 21.2. The number of nitrogens with zero attached hydrogens (tertiary/aromatic N) is 1. The number of ether oxygens (including phenoxy) is 3. The smallest absolute Gasteiger partial charge is 0.410 e. The van der Waals surface area contributed by atoms with Gasteiger partial charge in [0, 0.05) is 31.6 Å². The molecule has 1 fully saturated rings. The minimum atomic E-state index is -0.202. The van der Waals surface area contributed by atoms with Crippen LogP contribution < -0.4 is 0 Å². The van der Waals surface area contributed by atoms with Crippen LogP contribution in [-0.4, -0.2) is 49.2 Å². The molecule has 2 aromatic carbocycles. The van der Waals surface area contributed by atoms with Crippen molar-refractivity contribution in [3.63, 3.8) is 0 Å². The average molecular weight is 448 g/mol. The lowest BCUT2D eigenvalue weighted by Gasteiger charge is -2.34. The van der Waals surface area contributed by atoms with Crippen LogP contribution in [0.5, 0.6) is 0 Å². The van der Waals surface area contributed by atoms with Crippen molar-refractivity contribution in [1.29, 1.82) is 0 Å². The first kappa shape index (κ1) is 22.2. The second kappa shape index (κ2) is 9.70. The predicted molar refractivity (Wildman–Crippen MR) is 128 cm³/mol. The van der Waals surface area contributed by atoms with Crippen molar-refractivity contribution in [1.82, 2.24) is 4.90 Å². The van der Waals surface area contributed by atoms with E-state index < -0.39 is 0 Å². The Labute approximate surface area is 196 Å². The molecular formula is C28H33NO4. The Balaban J connectivity index is 1.26. The maximum Gasteiger partial charge on any atom is 0.410 e. The van der Waals surface area contributed by atoms with Crippen LogP contribution in [0.4, 0.5) is 4.79 Å². The van der Waals surface area contributed by atoms with Gasteiger partial charge < -0.3 is 14.2 Å². The highest BCUT2D eigenvalue weighted by Gasteiger charge is 2.41. The van der Waals surface area contributed by atoms with E-state index >= 15 is 0 Å². The zero-order valence-electron chi connectivity index (χ0n) is 19.5. The van der Waals surface area contributed by atoms with E-state index in [1.54, 1.807) is 0 Å². The van der Waals surface area contributed by atoms with Gasteiger partial charge in [-0.05, 0) is 55.4 Å². The fourth-order valence-electron chi connectivity index (χ4n) is 5.78. The summed E-state index contributed by atoms with van der Waals surface area (Å²) in [7, 11) is 0. The molecule has 3 aliphatic rings. The molecule has 5 rings (SSSR count). The molecule has 1 amide bonds. The summed E-state index contributed by atoms with van der Waals surface area (Å²) >= 11 is 0. The Bertz CT molecular complexity index is 981. The highest BCUT2D eigenvalue weighted by atomic mass is 16.7. The quantitative estimate of drug-likeness (QED) is 0.374. The van der Waals surface area contributed by atoms with Gasteiger partial charge in [-0.2, -0.15) is 0 Å². The molecule has 0 saturated carbocycles. The Hall–Kier alpha value is -2.63. The van der Waals surface area contributed by atoms with Crippen LogP contribution >= 0.6 is 0 Å². The summed E-state index contributed by atoms with van der Waals surface area (Å²) in [6.07, 6.45) is 5.51. The molecule has 0 N–H and O–H groups in total. The molecule has 174 valence electrons. The molecule has 0 spiro atoms. The number of benzene rings is 2. The summed E-state index contributed by atoms with van der Waals surface area (Å²) in [6.45, 7) is 5.62. The molecule has 5 nitrogen and oxygen atoms in total. The number of fused-ring (bicyclic) bond motifs is 5. The molecule has 0 aromatic heterocycles. The summed E-state index contributed by atoms with van der Waals surface area (Å²) in [5.74, 6) is 0.0908. The highest BCUT2D eigenvalue weighted by Crippen LogP contribution is 2.45. The molecule has 33 heavy (non-hydrogen) atoms. The standard InChI is InChI=1S/C28H33NO4/c1-3-31-27(32-4-2)17-19-15-20-13-14-21(16-19)29(20)28(30)33-18-26-24-11-7-5-9-22(24)23-10-6-8-12-25(23)26/h5-12,15,20-21,26-27H,3-4,13-14,16-18H2,1-2H3. The number of amides is 1. The summed E-state index contributed by atoms with van der Waals surface area (Å²) in [5, 5.41) is 0. The number of hydrogen-bond acceptors (Lipinski definition) is 4. The summed E-state index contributed by atoms with van der Waals surface area (Å²) in [5.41, 5.74) is 6.31. The fourth-order valence-corrected chi connectivity index (χ4v) is 5.78. The van der Waals surface area contributed by atoms with Gasteiger partial charge in [0.2, 0.25) is 0 Å². The van der Waals surface area contributed by atoms with Crippen LogP contribution in [0.3, 0.4) is 0 Å². The minimum absolute atomic E-state index is 0.0908. The van der Waals surface area contributed by atoms with Crippen molar-refractivity contribution in [3.05, 3.63) is 71.3 Å². The molecule has 1 saturated heterocycles. The van der Waals surface area contributed by atoms with Gasteiger partial charge >= 0.3 is 6.09 Å². The van der Waals surface area contributed by atoms with Crippen molar-refractivity contribution in [3.8, 4) is 11.1 Å². The molecule has 2 bridgehead atoms. The van der Waals surface area contributed by atoms with E-state index in [1.807, 2.05) is 18.7 Å². The zero-order valence-corrected chi connectivity index (χ0v) is 19.5. The maximum atomic E-state index is 13.2. The van der Waals surface area contributed by atoms with Gasteiger partial charge in [-0.3, -0.25) is 4.90 Å². The molecule has 5 heteroatoms. The van der Waals surface area contributed by atoms with Gasteiger partial charge in [0.25, 0.3) is 0 Å². The molecule has 2 heterocycles. The maximum absolute atomic E-state index is 13.2. The second-order valence-corrected chi connectivity index (χ2v) is 9.08. The van der Waals surface area contributed by atoms with Gasteiger partial charge in [0.05, 0.1) is 6.04 Å². The lowest BCUT2D eigenvalue weighted by atomic mass is 9.98. The summed E-state index contributed by atoms with van der Waals surface area (Å²) in [6, 6.07) is 17.2. The Morgan fingerprint density at radius 3 is 2.21 bits per heavy atom. The number of hydrogen-bond donors (Lipinski definition) is 0. The van der Waals surface area contributed by atoms with Crippen molar-refractivity contribution in [2.75, 3.05) is 19.8 Å².